The fraction of sp³-hybridized carbons (Fsp3) is 0.545. The van der Waals surface area contributed by atoms with Gasteiger partial charge in [0.15, 0.2) is 0 Å². The van der Waals surface area contributed by atoms with E-state index in [0.717, 1.165) is 23.4 Å². The summed E-state index contributed by atoms with van der Waals surface area (Å²) in [5, 5.41) is 0.568. The number of pyridine rings is 1. The van der Waals surface area contributed by atoms with Gasteiger partial charge in [-0.1, -0.05) is 30.9 Å². The smallest absolute Gasteiger partial charge is 0.232 e. The fourth-order valence-electron chi connectivity index (χ4n) is 1.61. The van der Waals surface area contributed by atoms with Crippen molar-refractivity contribution in [2.75, 3.05) is 6.61 Å². The van der Waals surface area contributed by atoms with E-state index >= 15 is 0 Å². The van der Waals surface area contributed by atoms with Crippen LogP contribution in [0.3, 0.4) is 0 Å². The first kappa shape index (κ1) is 11.2. The Hall–Kier alpha value is -0.280. The summed E-state index contributed by atoms with van der Waals surface area (Å²) in [6, 6.07) is 1.80. The predicted molar refractivity (Wildman–Crippen MR) is 64.4 cm³/mol. The Morgan fingerprint density at radius 2 is 2.33 bits per heavy atom. The van der Waals surface area contributed by atoms with Crippen molar-refractivity contribution in [3.63, 3.8) is 0 Å². The molecule has 0 spiro atoms. The van der Waals surface area contributed by atoms with Gasteiger partial charge in [0.05, 0.1) is 6.61 Å². The first-order chi connectivity index (χ1) is 7.25. The summed E-state index contributed by atoms with van der Waals surface area (Å²) in [5.41, 5.74) is 0. The fourth-order valence-corrected chi connectivity index (χ4v) is 2.30. The lowest BCUT2D eigenvalue weighted by molar-refractivity contribution is 0.217. The van der Waals surface area contributed by atoms with Crippen LogP contribution >= 0.6 is 27.5 Å². The molecular weight excluding hydrogens is 277 g/mol. The number of nitrogens with zero attached hydrogens (tertiary/aromatic N) is 1. The number of hydrogen-bond acceptors (Lipinski definition) is 2. The average molecular weight is 291 g/mol. The van der Waals surface area contributed by atoms with Crippen LogP contribution in [0.15, 0.2) is 16.7 Å². The van der Waals surface area contributed by atoms with E-state index in [4.69, 9.17) is 16.3 Å². The summed E-state index contributed by atoms with van der Waals surface area (Å²) < 4.78 is 6.41. The van der Waals surface area contributed by atoms with E-state index in [0.29, 0.717) is 10.9 Å². The summed E-state index contributed by atoms with van der Waals surface area (Å²) in [4.78, 5) is 4.12. The lowest BCUT2D eigenvalue weighted by Gasteiger charge is -2.24. The van der Waals surface area contributed by atoms with Crippen molar-refractivity contribution in [2.45, 2.75) is 25.7 Å². The van der Waals surface area contributed by atoms with Gasteiger partial charge in [-0.05, 0) is 34.3 Å². The second-order valence-electron chi connectivity index (χ2n) is 3.87. The second-order valence-corrected chi connectivity index (χ2v) is 5.20. The van der Waals surface area contributed by atoms with Crippen LogP contribution in [0, 0.1) is 5.92 Å². The molecule has 4 heteroatoms. The maximum absolute atomic E-state index is 5.98. The first-order valence-corrected chi connectivity index (χ1v) is 6.36. The highest BCUT2D eigenvalue weighted by Gasteiger charge is 2.17. The molecule has 0 unspecified atom stereocenters. The quantitative estimate of drug-likeness (QED) is 0.834. The molecule has 1 aliphatic carbocycles. The molecule has 15 heavy (non-hydrogen) atoms. The molecule has 0 N–H and O–H groups in total. The predicted octanol–water partition coefficient (Wildman–Crippen LogP) is 4.07. The van der Waals surface area contributed by atoms with E-state index in [2.05, 4.69) is 20.9 Å². The monoisotopic (exact) mass is 289 g/mol. The number of hydrogen-bond donors (Lipinski definition) is 0. The molecule has 0 aromatic carbocycles. The van der Waals surface area contributed by atoms with Crippen LogP contribution in [0.25, 0.3) is 0 Å². The van der Waals surface area contributed by atoms with Crippen molar-refractivity contribution < 1.29 is 4.74 Å². The van der Waals surface area contributed by atoms with Gasteiger partial charge in [0.25, 0.3) is 0 Å². The van der Waals surface area contributed by atoms with Crippen LogP contribution in [0.4, 0.5) is 0 Å². The normalized spacial score (nSPS) is 16.1. The van der Waals surface area contributed by atoms with Gasteiger partial charge in [-0.25, -0.2) is 4.98 Å². The van der Waals surface area contributed by atoms with E-state index in [-0.39, 0.29) is 0 Å². The molecule has 82 valence electrons. The van der Waals surface area contributed by atoms with Crippen molar-refractivity contribution in [3.8, 4) is 5.88 Å². The zero-order chi connectivity index (χ0) is 10.7. The number of rotatable bonds is 4. The summed E-state index contributed by atoms with van der Waals surface area (Å²) in [5.74, 6) is 1.40. The molecule has 1 fully saturated rings. The standard InChI is InChI=1S/C11H13BrClNO/c12-9-6-10(13)11(14-7-9)15-5-4-8-2-1-3-8/h6-8H,1-5H2. The molecule has 1 heterocycles. The molecule has 1 aromatic rings. The first-order valence-electron chi connectivity index (χ1n) is 5.19. The van der Waals surface area contributed by atoms with Gasteiger partial charge in [0.2, 0.25) is 5.88 Å². The highest BCUT2D eigenvalue weighted by atomic mass is 79.9. The van der Waals surface area contributed by atoms with Gasteiger partial charge in [-0.15, -0.1) is 0 Å². The second kappa shape index (κ2) is 5.17. The third kappa shape index (κ3) is 3.08. The summed E-state index contributed by atoms with van der Waals surface area (Å²) in [6.07, 6.45) is 6.90. The molecule has 2 rings (SSSR count). The van der Waals surface area contributed by atoms with Crippen LogP contribution in [-0.2, 0) is 0 Å². The molecular formula is C11H13BrClNO. The summed E-state index contributed by atoms with van der Waals surface area (Å²) in [7, 11) is 0. The van der Waals surface area contributed by atoms with Gasteiger partial charge in [0, 0.05) is 10.7 Å². The Kier molecular flexibility index (Phi) is 3.87. The van der Waals surface area contributed by atoms with E-state index in [1.165, 1.54) is 19.3 Å². The molecule has 0 bridgehead atoms. The van der Waals surface area contributed by atoms with E-state index in [1.807, 2.05) is 0 Å². The van der Waals surface area contributed by atoms with Crippen molar-refractivity contribution in [1.29, 1.82) is 0 Å². The highest BCUT2D eigenvalue weighted by Crippen LogP contribution is 2.30. The van der Waals surface area contributed by atoms with Gasteiger partial charge in [-0.3, -0.25) is 0 Å². The number of aromatic nitrogens is 1. The minimum atomic E-state index is 0.541. The Labute approximate surface area is 103 Å². The van der Waals surface area contributed by atoms with Gasteiger partial charge in [-0.2, -0.15) is 0 Å². The third-order valence-electron chi connectivity index (χ3n) is 2.76. The lowest BCUT2D eigenvalue weighted by atomic mass is 9.83. The SMILES string of the molecule is Clc1cc(Br)cnc1OCCC1CCC1. The highest BCUT2D eigenvalue weighted by molar-refractivity contribution is 9.10. The van der Waals surface area contributed by atoms with Crippen molar-refractivity contribution >= 4 is 27.5 Å². The summed E-state index contributed by atoms with van der Waals surface area (Å²) >= 11 is 9.28. The molecule has 0 atom stereocenters. The molecule has 1 saturated carbocycles. The maximum atomic E-state index is 5.98. The molecule has 0 aliphatic heterocycles. The zero-order valence-corrected chi connectivity index (χ0v) is 10.7. The van der Waals surface area contributed by atoms with E-state index in [9.17, 15) is 0 Å². The molecule has 2 nitrogen and oxygen atoms in total. The van der Waals surface area contributed by atoms with Gasteiger partial charge >= 0.3 is 0 Å². The van der Waals surface area contributed by atoms with Crippen LogP contribution in [-0.4, -0.2) is 11.6 Å². The lowest BCUT2D eigenvalue weighted by Crippen LogP contribution is -2.14. The zero-order valence-electron chi connectivity index (χ0n) is 8.38. The largest absolute Gasteiger partial charge is 0.477 e. The Morgan fingerprint density at radius 3 is 2.93 bits per heavy atom. The number of ether oxygens (including phenoxy) is 1. The van der Waals surface area contributed by atoms with E-state index < -0.39 is 0 Å². The van der Waals surface area contributed by atoms with Crippen molar-refractivity contribution in [1.82, 2.24) is 4.98 Å². The van der Waals surface area contributed by atoms with Crippen molar-refractivity contribution in [3.05, 3.63) is 21.8 Å². The Bertz CT molecular complexity index is 341. The minimum absolute atomic E-state index is 0.541. The summed E-state index contributed by atoms with van der Waals surface area (Å²) in [6.45, 7) is 0.721. The molecule has 1 aliphatic rings. The Balaban J connectivity index is 1.81. The van der Waals surface area contributed by atoms with Crippen LogP contribution < -0.4 is 4.74 Å². The number of halogens is 2. The van der Waals surface area contributed by atoms with Crippen LogP contribution in [0.2, 0.25) is 5.02 Å². The average Bonchev–Trinajstić information content (AvgIpc) is 2.12. The van der Waals surface area contributed by atoms with Crippen molar-refractivity contribution in [2.24, 2.45) is 5.92 Å². The molecule has 1 aromatic heterocycles. The van der Waals surface area contributed by atoms with Gasteiger partial charge < -0.3 is 4.74 Å². The molecule has 0 amide bonds. The molecule has 0 saturated heterocycles. The third-order valence-corrected chi connectivity index (χ3v) is 3.47. The molecule has 0 radical (unpaired) electrons. The topological polar surface area (TPSA) is 22.1 Å². The van der Waals surface area contributed by atoms with E-state index in [1.54, 1.807) is 12.3 Å². The minimum Gasteiger partial charge on any atom is -0.477 e. The Morgan fingerprint density at radius 1 is 1.53 bits per heavy atom. The maximum Gasteiger partial charge on any atom is 0.232 e. The van der Waals surface area contributed by atoms with Crippen LogP contribution in [0.5, 0.6) is 5.88 Å². The van der Waals surface area contributed by atoms with Crippen LogP contribution in [0.1, 0.15) is 25.7 Å². The van der Waals surface area contributed by atoms with Gasteiger partial charge in [0.1, 0.15) is 5.02 Å².